The first kappa shape index (κ1) is 14.4. The lowest BCUT2D eigenvalue weighted by molar-refractivity contribution is 0.412. The molecule has 17 heavy (non-hydrogen) atoms. The van der Waals surface area contributed by atoms with Crippen molar-refractivity contribution in [3.05, 3.63) is 27.1 Å². The molecule has 8 heteroatoms. The second-order valence-electron chi connectivity index (χ2n) is 3.71. The van der Waals surface area contributed by atoms with Crippen molar-refractivity contribution in [3.8, 4) is 0 Å². The maximum atomic E-state index is 11.8. The van der Waals surface area contributed by atoms with Crippen LogP contribution in [0.4, 0.5) is 0 Å². The molecule has 0 atom stereocenters. The van der Waals surface area contributed by atoms with E-state index in [2.05, 4.69) is 25.6 Å². The molecule has 0 fully saturated rings. The molecule has 0 bridgehead atoms. The van der Waals surface area contributed by atoms with E-state index in [1.807, 2.05) is 19.0 Å². The Hall–Kier alpha value is -0.700. The van der Waals surface area contributed by atoms with E-state index in [0.29, 0.717) is 11.0 Å². The second kappa shape index (κ2) is 5.76. The average molecular weight is 324 g/mol. The van der Waals surface area contributed by atoms with Gasteiger partial charge in [0.15, 0.2) is 0 Å². The largest absolute Gasteiger partial charge is 0.327 e. The van der Waals surface area contributed by atoms with E-state index in [0.717, 1.165) is 0 Å². The lowest BCUT2D eigenvalue weighted by Gasteiger charge is -2.10. The fourth-order valence-corrected chi connectivity index (χ4v) is 2.71. The predicted octanol–water partition coefficient (Wildman–Crippen LogP) is -0.0227. The van der Waals surface area contributed by atoms with Gasteiger partial charge in [-0.05, 0) is 36.1 Å². The molecule has 1 aromatic heterocycles. The van der Waals surface area contributed by atoms with Crippen molar-refractivity contribution in [1.82, 2.24) is 14.6 Å². The van der Waals surface area contributed by atoms with Crippen molar-refractivity contribution in [3.63, 3.8) is 0 Å². The summed E-state index contributed by atoms with van der Waals surface area (Å²) >= 11 is 3.11. The van der Waals surface area contributed by atoms with Gasteiger partial charge in [-0.1, -0.05) is 0 Å². The van der Waals surface area contributed by atoms with E-state index in [-0.39, 0.29) is 11.4 Å². The fourth-order valence-electron chi connectivity index (χ4n) is 1.12. The molecule has 96 valence electrons. The number of rotatable bonds is 5. The molecule has 1 rings (SSSR count). The Balaban J connectivity index is 2.90. The number of pyridine rings is 1. The Kier molecular flexibility index (Phi) is 4.87. The number of halogens is 1. The summed E-state index contributed by atoms with van der Waals surface area (Å²) in [4.78, 5) is 15.3. The molecule has 0 radical (unpaired) electrons. The third-order valence-corrected chi connectivity index (χ3v) is 3.90. The summed E-state index contributed by atoms with van der Waals surface area (Å²) in [6.07, 6.45) is 1.39. The highest BCUT2D eigenvalue weighted by molar-refractivity contribution is 9.10. The molecule has 0 aliphatic rings. The third kappa shape index (κ3) is 4.23. The highest BCUT2D eigenvalue weighted by Crippen LogP contribution is 2.10. The van der Waals surface area contributed by atoms with E-state index >= 15 is 0 Å². The number of H-pyrrole nitrogens is 1. The molecule has 2 N–H and O–H groups in total. The molecule has 1 aromatic rings. The Bertz CT molecular complexity index is 539. The van der Waals surface area contributed by atoms with Gasteiger partial charge in [-0.15, -0.1) is 0 Å². The van der Waals surface area contributed by atoms with Crippen LogP contribution in [0.3, 0.4) is 0 Å². The van der Waals surface area contributed by atoms with Gasteiger partial charge in [0.1, 0.15) is 4.90 Å². The van der Waals surface area contributed by atoms with E-state index < -0.39 is 15.6 Å². The summed E-state index contributed by atoms with van der Waals surface area (Å²) in [5, 5.41) is 0. The highest BCUT2D eigenvalue weighted by Gasteiger charge is 2.17. The third-order valence-electron chi connectivity index (χ3n) is 1.97. The topological polar surface area (TPSA) is 82.3 Å². The van der Waals surface area contributed by atoms with Gasteiger partial charge in [-0.3, -0.25) is 4.79 Å². The smallest absolute Gasteiger partial charge is 0.268 e. The van der Waals surface area contributed by atoms with Crippen LogP contribution in [-0.4, -0.2) is 45.5 Å². The highest BCUT2D eigenvalue weighted by atomic mass is 79.9. The van der Waals surface area contributed by atoms with Crippen molar-refractivity contribution in [2.75, 3.05) is 27.2 Å². The zero-order valence-corrected chi connectivity index (χ0v) is 11.9. The minimum absolute atomic E-state index is 0.251. The van der Waals surface area contributed by atoms with Crippen LogP contribution in [0.1, 0.15) is 0 Å². The Morgan fingerprint density at radius 1 is 1.47 bits per heavy atom. The van der Waals surface area contributed by atoms with E-state index in [4.69, 9.17) is 0 Å². The van der Waals surface area contributed by atoms with E-state index in [9.17, 15) is 13.2 Å². The van der Waals surface area contributed by atoms with Crippen LogP contribution in [0.5, 0.6) is 0 Å². The van der Waals surface area contributed by atoms with Gasteiger partial charge in [0, 0.05) is 23.8 Å². The second-order valence-corrected chi connectivity index (χ2v) is 6.36. The Morgan fingerprint density at radius 3 is 2.71 bits per heavy atom. The Morgan fingerprint density at radius 2 is 2.12 bits per heavy atom. The van der Waals surface area contributed by atoms with Gasteiger partial charge in [-0.25, -0.2) is 13.1 Å². The van der Waals surface area contributed by atoms with Crippen molar-refractivity contribution >= 4 is 26.0 Å². The van der Waals surface area contributed by atoms with Gasteiger partial charge in [-0.2, -0.15) is 0 Å². The number of likely N-dealkylation sites (N-methyl/N-ethyl adjacent to an activating group) is 1. The molecular weight excluding hydrogens is 310 g/mol. The number of sulfonamides is 1. The molecule has 0 spiro atoms. The van der Waals surface area contributed by atoms with Crippen molar-refractivity contribution in [2.24, 2.45) is 0 Å². The van der Waals surface area contributed by atoms with Crippen LogP contribution in [0.15, 0.2) is 26.4 Å². The minimum atomic E-state index is -3.76. The summed E-state index contributed by atoms with van der Waals surface area (Å²) in [6, 6.07) is 1.27. The first-order chi connectivity index (χ1) is 7.83. The number of nitrogens with zero attached hydrogens (tertiary/aromatic N) is 1. The van der Waals surface area contributed by atoms with Crippen molar-refractivity contribution in [2.45, 2.75) is 4.90 Å². The van der Waals surface area contributed by atoms with Crippen LogP contribution in [-0.2, 0) is 10.0 Å². The van der Waals surface area contributed by atoms with Crippen LogP contribution < -0.4 is 10.3 Å². The zero-order chi connectivity index (χ0) is 13.1. The summed E-state index contributed by atoms with van der Waals surface area (Å²) in [5.74, 6) is 0. The molecule has 0 saturated carbocycles. The molecule has 0 unspecified atom stereocenters. The van der Waals surface area contributed by atoms with Gasteiger partial charge in [0.25, 0.3) is 5.56 Å². The number of hydrogen-bond donors (Lipinski definition) is 2. The first-order valence-corrected chi connectivity index (χ1v) is 7.13. The molecule has 1 heterocycles. The van der Waals surface area contributed by atoms with Crippen LogP contribution in [0.2, 0.25) is 0 Å². The van der Waals surface area contributed by atoms with E-state index in [1.165, 1.54) is 12.3 Å². The molecule has 6 nitrogen and oxygen atoms in total. The summed E-state index contributed by atoms with van der Waals surface area (Å²) in [7, 11) is -0.0925. The van der Waals surface area contributed by atoms with Crippen LogP contribution in [0, 0.1) is 0 Å². The quantitative estimate of drug-likeness (QED) is 0.797. The zero-order valence-electron chi connectivity index (χ0n) is 9.53. The maximum Gasteiger partial charge on any atom is 0.268 e. The lowest BCUT2D eigenvalue weighted by atomic mass is 10.5. The number of aromatic nitrogens is 1. The summed E-state index contributed by atoms with van der Waals surface area (Å²) in [6.45, 7) is 0.812. The summed E-state index contributed by atoms with van der Waals surface area (Å²) < 4.78 is 26.5. The number of nitrogens with one attached hydrogen (secondary N) is 2. The predicted molar refractivity (Wildman–Crippen MR) is 68.5 cm³/mol. The molecule has 0 aromatic carbocycles. The van der Waals surface area contributed by atoms with Gasteiger partial charge in [0.2, 0.25) is 10.0 Å². The molecule has 0 aliphatic carbocycles. The normalized spacial score (nSPS) is 12.0. The fraction of sp³-hybridized carbons (Fsp3) is 0.444. The molecule has 0 aliphatic heterocycles. The monoisotopic (exact) mass is 323 g/mol. The number of aromatic amines is 1. The molecule has 0 amide bonds. The lowest BCUT2D eigenvalue weighted by Crippen LogP contribution is -2.34. The molecular formula is C9H14BrN3O3S. The molecule has 0 saturated heterocycles. The van der Waals surface area contributed by atoms with Gasteiger partial charge in [0.05, 0.1) is 0 Å². The average Bonchev–Trinajstić information content (AvgIpc) is 2.20. The van der Waals surface area contributed by atoms with Crippen molar-refractivity contribution < 1.29 is 8.42 Å². The standard InChI is InChI=1S/C9H14BrN3O3S/c1-13(2)4-3-12-17(15,16)8-5-7(10)6-11-9(8)14/h5-6,12H,3-4H2,1-2H3,(H,11,14). The van der Waals surface area contributed by atoms with Crippen molar-refractivity contribution in [1.29, 1.82) is 0 Å². The Labute approximate surface area is 108 Å². The number of hydrogen-bond acceptors (Lipinski definition) is 4. The maximum absolute atomic E-state index is 11.8. The van der Waals surface area contributed by atoms with Gasteiger partial charge < -0.3 is 9.88 Å². The minimum Gasteiger partial charge on any atom is -0.327 e. The first-order valence-electron chi connectivity index (χ1n) is 4.85. The van der Waals surface area contributed by atoms with Crippen LogP contribution in [0.25, 0.3) is 0 Å². The van der Waals surface area contributed by atoms with Crippen LogP contribution >= 0.6 is 15.9 Å². The van der Waals surface area contributed by atoms with Gasteiger partial charge >= 0.3 is 0 Å². The van der Waals surface area contributed by atoms with E-state index in [1.54, 1.807) is 0 Å². The summed E-state index contributed by atoms with van der Waals surface area (Å²) in [5.41, 5.74) is -0.634. The SMILES string of the molecule is CN(C)CCNS(=O)(=O)c1cc(Br)c[nH]c1=O.